The maximum atomic E-state index is 14.2. The van der Waals surface area contributed by atoms with Crippen LogP contribution in [0.1, 0.15) is 43.5 Å². The first-order valence-corrected chi connectivity index (χ1v) is 9.61. The highest BCUT2D eigenvalue weighted by Gasteiger charge is 2.60. The molecule has 3 nitrogen and oxygen atoms in total. The van der Waals surface area contributed by atoms with Crippen molar-refractivity contribution in [1.29, 1.82) is 0 Å². The van der Waals surface area contributed by atoms with E-state index in [1.165, 1.54) is 30.3 Å². The fourth-order valence-corrected chi connectivity index (χ4v) is 3.59. The molecule has 0 radical (unpaired) electrons. The van der Waals surface area contributed by atoms with Crippen molar-refractivity contribution < 1.29 is 22.5 Å². The number of hydrogen-bond donors (Lipinski definition) is 2. The molecule has 2 aromatic rings. The lowest BCUT2D eigenvalue weighted by atomic mass is 9.82. The monoisotopic (exact) mass is 399 g/mol. The topological polar surface area (TPSA) is 49.3 Å². The third kappa shape index (κ3) is 4.59. The minimum absolute atomic E-state index is 0.205. The highest BCUT2D eigenvalue weighted by atomic mass is 32.2. The van der Waals surface area contributed by atoms with Crippen LogP contribution in [0.3, 0.4) is 0 Å². The Morgan fingerprint density at radius 1 is 1.00 bits per heavy atom. The molecule has 2 rings (SSSR count). The van der Waals surface area contributed by atoms with Gasteiger partial charge in [0.25, 0.3) is 0 Å². The van der Waals surface area contributed by atoms with Gasteiger partial charge >= 0.3 is 6.18 Å². The van der Waals surface area contributed by atoms with Gasteiger partial charge in [-0.3, -0.25) is 0 Å². The van der Waals surface area contributed by atoms with E-state index in [2.05, 4.69) is 4.72 Å². The van der Waals surface area contributed by atoms with Gasteiger partial charge in [-0.25, -0.2) is 8.93 Å². The first-order valence-electron chi connectivity index (χ1n) is 8.46. The molecular formula is C20H24F3NO2S. The molecule has 0 fully saturated rings. The third-order valence-corrected chi connectivity index (χ3v) is 5.78. The molecular weight excluding hydrogens is 375 g/mol. The van der Waals surface area contributed by atoms with Crippen LogP contribution in [-0.4, -0.2) is 20.2 Å². The standard InChI is InChI=1S/C20H24F3NO2S/c1-14-9-8-10-15(13-14)17(24-27(26)18(2,3)4)19(25,20(21,22)23)16-11-6-5-7-12-16/h5-13,17,24-25H,1-4H3/t17-,19+,27?/m0/s1. The lowest BCUT2D eigenvalue weighted by Crippen LogP contribution is -2.53. The number of aryl methyl sites for hydroxylation is 1. The molecule has 2 N–H and O–H groups in total. The van der Waals surface area contributed by atoms with Crippen molar-refractivity contribution in [3.05, 3.63) is 71.3 Å². The number of alkyl halides is 3. The van der Waals surface area contributed by atoms with E-state index >= 15 is 0 Å². The van der Waals surface area contributed by atoms with Gasteiger partial charge in [0, 0.05) is 0 Å². The van der Waals surface area contributed by atoms with Crippen molar-refractivity contribution in [2.45, 2.75) is 50.3 Å². The van der Waals surface area contributed by atoms with Crippen molar-refractivity contribution in [3.8, 4) is 0 Å². The third-order valence-electron chi connectivity index (χ3n) is 4.22. The molecule has 2 aromatic carbocycles. The van der Waals surface area contributed by atoms with Gasteiger partial charge < -0.3 is 5.11 Å². The second-order valence-electron chi connectivity index (χ2n) is 7.48. The molecule has 3 atom stereocenters. The fraction of sp³-hybridized carbons (Fsp3) is 0.400. The van der Waals surface area contributed by atoms with E-state index in [0.717, 1.165) is 5.56 Å². The highest BCUT2D eigenvalue weighted by molar-refractivity contribution is 7.84. The normalized spacial score (nSPS) is 17.2. The quantitative estimate of drug-likeness (QED) is 0.776. The van der Waals surface area contributed by atoms with Gasteiger partial charge in [0.2, 0.25) is 5.60 Å². The fourth-order valence-electron chi connectivity index (χ4n) is 2.71. The predicted octanol–water partition coefficient (Wildman–Crippen LogP) is 4.54. The number of nitrogens with one attached hydrogen (secondary N) is 1. The summed E-state index contributed by atoms with van der Waals surface area (Å²) in [5.41, 5.74) is -2.64. The van der Waals surface area contributed by atoms with Crippen molar-refractivity contribution in [2.75, 3.05) is 0 Å². The number of aliphatic hydroxyl groups is 1. The molecule has 148 valence electrons. The molecule has 0 amide bonds. The molecule has 7 heteroatoms. The Morgan fingerprint density at radius 2 is 1.59 bits per heavy atom. The Labute approximate surface area is 160 Å². The molecule has 0 saturated carbocycles. The maximum Gasteiger partial charge on any atom is 0.423 e. The Bertz CT molecular complexity index is 803. The minimum Gasteiger partial charge on any atom is -0.375 e. The Kier molecular flexibility index (Phi) is 6.19. The van der Waals surface area contributed by atoms with Crippen LogP contribution in [0.2, 0.25) is 0 Å². The van der Waals surface area contributed by atoms with E-state index < -0.39 is 33.6 Å². The molecule has 0 aliphatic carbocycles. The molecule has 0 aromatic heterocycles. The summed E-state index contributed by atoms with van der Waals surface area (Å²) in [4.78, 5) is 0. The molecule has 0 bridgehead atoms. The maximum absolute atomic E-state index is 14.2. The zero-order chi connectivity index (χ0) is 20.5. The first kappa shape index (κ1) is 21.6. The van der Waals surface area contributed by atoms with Gasteiger partial charge in [-0.2, -0.15) is 13.2 Å². The summed E-state index contributed by atoms with van der Waals surface area (Å²) in [5, 5.41) is 11.0. The van der Waals surface area contributed by atoms with Gasteiger partial charge in [0.15, 0.2) is 0 Å². The average Bonchev–Trinajstić information content (AvgIpc) is 2.57. The van der Waals surface area contributed by atoms with E-state index in [4.69, 9.17) is 0 Å². The zero-order valence-electron chi connectivity index (χ0n) is 15.7. The highest BCUT2D eigenvalue weighted by Crippen LogP contribution is 2.48. The Morgan fingerprint density at radius 3 is 2.07 bits per heavy atom. The predicted molar refractivity (Wildman–Crippen MR) is 101 cm³/mol. The van der Waals surface area contributed by atoms with E-state index in [9.17, 15) is 22.5 Å². The molecule has 0 spiro atoms. The number of benzene rings is 2. The van der Waals surface area contributed by atoms with Crippen LogP contribution in [-0.2, 0) is 16.6 Å². The van der Waals surface area contributed by atoms with Crippen LogP contribution >= 0.6 is 0 Å². The molecule has 27 heavy (non-hydrogen) atoms. The van der Waals surface area contributed by atoms with Crippen LogP contribution in [0.25, 0.3) is 0 Å². The first-order chi connectivity index (χ1) is 12.4. The summed E-state index contributed by atoms with van der Waals surface area (Å²) in [7, 11) is -1.84. The number of rotatable bonds is 5. The van der Waals surface area contributed by atoms with Crippen LogP contribution in [0.15, 0.2) is 54.6 Å². The summed E-state index contributed by atoms with van der Waals surface area (Å²) in [5.74, 6) is 0. The lowest BCUT2D eigenvalue weighted by Gasteiger charge is -2.39. The van der Waals surface area contributed by atoms with Crippen molar-refractivity contribution >= 4 is 11.0 Å². The largest absolute Gasteiger partial charge is 0.423 e. The van der Waals surface area contributed by atoms with Gasteiger partial charge in [0.05, 0.1) is 21.8 Å². The molecule has 0 saturated heterocycles. The van der Waals surface area contributed by atoms with Crippen LogP contribution in [0.5, 0.6) is 0 Å². The Balaban J connectivity index is 2.70. The van der Waals surface area contributed by atoms with Crippen molar-refractivity contribution in [2.24, 2.45) is 0 Å². The molecule has 1 unspecified atom stereocenters. The summed E-state index contributed by atoms with van der Waals surface area (Å²) < 4.78 is 56.9. The van der Waals surface area contributed by atoms with Gasteiger partial charge in [-0.15, -0.1) is 0 Å². The van der Waals surface area contributed by atoms with Crippen LogP contribution in [0, 0.1) is 6.92 Å². The van der Waals surface area contributed by atoms with Gasteiger partial charge in [0.1, 0.15) is 0 Å². The molecule has 0 heterocycles. The SMILES string of the molecule is Cc1cccc([C@H](NS(=O)C(C)(C)C)[C@](O)(c2ccccc2)C(F)(F)F)c1. The molecule has 0 aliphatic heterocycles. The summed E-state index contributed by atoms with van der Waals surface area (Å²) >= 11 is 0. The van der Waals surface area contributed by atoms with E-state index in [1.54, 1.807) is 52.0 Å². The average molecular weight is 399 g/mol. The summed E-state index contributed by atoms with van der Waals surface area (Å²) in [6.07, 6.45) is -5.00. The smallest absolute Gasteiger partial charge is 0.375 e. The Hall–Kier alpha value is -1.70. The number of halogens is 3. The van der Waals surface area contributed by atoms with E-state index in [0.29, 0.717) is 0 Å². The minimum atomic E-state index is -5.00. The second kappa shape index (κ2) is 7.73. The van der Waals surface area contributed by atoms with Crippen molar-refractivity contribution in [1.82, 2.24) is 4.72 Å². The van der Waals surface area contributed by atoms with Crippen molar-refractivity contribution in [3.63, 3.8) is 0 Å². The zero-order valence-corrected chi connectivity index (χ0v) is 16.5. The van der Waals surface area contributed by atoms with Crippen LogP contribution in [0.4, 0.5) is 13.2 Å². The van der Waals surface area contributed by atoms with E-state index in [-0.39, 0.29) is 11.1 Å². The lowest BCUT2D eigenvalue weighted by molar-refractivity contribution is -0.277. The van der Waals surface area contributed by atoms with E-state index in [1.807, 2.05) is 0 Å². The van der Waals surface area contributed by atoms with Gasteiger partial charge in [-0.05, 0) is 38.8 Å². The summed E-state index contributed by atoms with van der Waals surface area (Å²) in [6.45, 7) is 6.70. The van der Waals surface area contributed by atoms with Crippen LogP contribution < -0.4 is 4.72 Å². The number of hydrogen-bond acceptors (Lipinski definition) is 2. The summed E-state index contributed by atoms with van der Waals surface area (Å²) in [6, 6.07) is 11.6. The molecule has 0 aliphatic rings. The van der Waals surface area contributed by atoms with Gasteiger partial charge in [-0.1, -0.05) is 60.2 Å². The second-order valence-corrected chi connectivity index (χ2v) is 9.47.